The number of ether oxygens (including phenoxy) is 2. The van der Waals surface area contributed by atoms with E-state index < -0.39 is 10.0 Å². The lowest BCUT2D eigenvalue weighted by molar-refractivity contribution is -0.0441. The average molecular weight is 334 g/mol. The molecule has 0 saturated carbocycles. The van der Waals surface area contributed by atoms with E-state index in [0.29, 0.717) is 23.9 Å². The first-order chi connectivity index (χ1) is 9.75. The molecule has 1 heterocycles. The fourth-order valence-corrected chi connectivity index (χ4v) is 4.45. The maximum Gasteiger partial charge on any atom is 0.246 e. The summed E-state index contributed by atoms with van der Waals surface area (Å²) in [6, 6.07) is 3.10. The quantitative estimate of drug-likeness (QED) is 0.852. The van der Waals surface area contributed by atoms with Crippen molar-refractivity contribution in [3.8, 4) is 5.75 Å². The van der Waals surface area contributed by atoms with Crippen molar-refractivity contribution in [2.75, 3.05) is 20.2 Å². The monoisotopic (exact) mass is 333 g/mol. The molecule has 0 amide bonds. The molecule has 21 heavy (non-hydrogen) atoms. The van der Waals surface area contributed by atoms with E-state index in [1.807, 2.05) is 13.8 Å². The molecule has 2 atom stereocenters. The van der Waals surface area contributed by atoms with Crippen LogP contribution in [-0.2, 0) is 14.8 Å². The first kappa shape index (κ1) is 16.5. The van der Waals surface area contributed by atoms with E-state index >= 15 is 0 Å². The zero-order chi connectivity index (χ0) is 15.8. The molecule has 1 aromatic carbocycles. The van der Waals surface area contributed by atoms with Crippen LogP contribution in [0.1, 0.15) is 19.4 Å². The molecule has 0 aliphatic carbocycles. The molecule has 1 fully saturated rings. The average Bonchev–Trinajstić information content (AvgIpc) is 2.40. The maximum absolute atomic E-state index is 12.9. The first-order valence-electron chi connectivity index (χ1n) is 6.75. The molecule has 0 N–H and O–H groups in total. The number of rotatable bonds is 3. The molecule has 118 valence electrons. The van der Waals surface area contributed by atoms with Gasteiger partial charge >= 0.3 is 0 Å². The van der Waals surface area contributed by atoms with E-state index in [1.165, 1.54) is 17.5 Å². The molecule has 2 rings (SSSR count). The van der Waals surface area contributed by atoms with Crippen molar-refractivity contribution in [2.24, 2.45) is 0 Å². The van der Waals surface area contributed by atoms with Crippen molar-refractivity contribution < 1.29 is 17.9 Å². The van der Waals surface area contributed by atoms with Crippen LogP contribution in [0, 0.1) is 6.92 Å². The van der Waals surface area contributed by atoms with Crippen LogP contribution in [-0.4, -0.2) is 45.1 Å². The third kappa shape index (κ3) is 3.34. The normalized spacial score (nSPS) is 24.0. The summed E-state index contributed by atoms with van der Waals surface area (Å²) in [5, 5.41) is 0.406. The summed E-state index contributed by atoms with van der Waals surface area (Å²) in [6.45, 7) is 6.16. The molecule has 1 aliphatic rings. The van der Waals surface area contributed by atoms with E-state index in [-0.39, 0.29) is 17.1 Å². The molecule has 0 aromatic heterocycles. The smallest absolute Gasteiger partial charge is 0.246 e. The van der Waals surface area contributed by atoms with E-state index in [4.69, 9.17) is 21.1 Å². The fraction of sp³-hybridized carbons (Fsp3) is 0.571. The summed E-state index contributed by atoms with van der Waals surface area (Å²) in [4.78, 5) is 0.0990. The molecule has 1 aromatic rings. The molecule has 7 heteroatoms. The van der Waals surface area contributed by atoms with Crippen LogP contribution in [0.4, 0.5) is 0 Å². The molecular formula is C14H20ClNO4S. The Bertz CT molecular complexity index is 622. The molecular weight excluding hydrogens is 314 g/mol. The SMILES string of the molecule is COc1cc(C)c(Cl)cc1S(=O)(=O)N1C[C@H](C)O[C@@H](C)C1. The van der Waals surface area contributed by atoms with Crippen molar-refractivity contribution in [3.05, 3.63) is 22.7 Å². The van der Waals surface area contributed by atoms with Crippen molar-refractivity contribution in [2.45, 2.75) is 37.9 Å². The highest BCUT2D eigenvalue weighted by atomic mass is 35.5. The third-order valence-electron chi connectivity index (χ3n) is 3.45. The minimum Gasteiger partial charge on any atom is -0.495 e. The van der Waals surface area contributed by atoms with Crippen LogP contribution in [0.5, 0.6) is 5.75 Å². The van der Waals surface area contributed by atoms with Crippen molar-refractivity contribution in [1.29, 1.82) is 0 Å². The molecule has 0 spiro atoms. The van der Waals surface area contributed by atoms with Crippen LogP contribution in [0.2, 0.25) is 5.02 Å². The van der Waals surface area contributed by atoms with Crippen LogP contribution in [0.3, 0.4) is 0 Å². The number of morpholine rings is 1. The number of methoxy groups -OCH3 is 1. The Morgan fingerprint density at radius 2 is 1.86 bits per heavy atom. The summed E-state index contributed by atoms with van der Waals surface area (Å²) in [7, 11) is -2.22. The highest BCUT2D eigenvalue weighted by molar-refractivity contribution is 7.89. The summed E-state index contributed by atoms with van der Waals surface area (Å²) >= 11 is 6.08. The van der Waals surface area contributed by atoms with E-state index in [9.17, 15) is 8.42 Å². The van der Waals surface area contributed by atoms with Gasteiger partial charge in [-0.15, -0.1) is 0 Å². The van der Waals surface area contributed by atoms with Gasteiger partial charge in [-0.25, -0.2) is 8.42 Å². The Labute approximate surface area is 130 Å². The summed E-state index contributed by atoms with van der Waals surface area (Å²) in [5.41, 5.74) is 0.774. The van der Waals surface area contributed by atoms with Gasteiger partial charge in [0.15, 0.2) is 0 Å². The summed E-state index contributed by atoms with van der Waals surface area (Å²) in [5.74, 6) is 0.309. The Kier molecular flexibility index (Phi) is 4.82. The maximum atomic E-state index is 12.9. The number of nitrogens with zero attached hydrogens (tertiary/aromatic N) is 1. The second-order valence-corrected chi connectivity index (χ2v) is 7.65. The number of hydrogen-bond acceptors (Lipinski definition) is 4. The molecule has 1 saturated heterocycles. The van der Waals surface area contributed by atoms with Crippen LogP contribution >= 0.6 is 11.6 Å². The van der Waals surface area contributed by atoms with Gasteiger partial charge in [0.1, 0.15) is 10.6 Å². The van der Waals surface area contributed by atoms with Gasteiger partial charge in [0.05, 0.1) is 19.3 Å². The van der Waals surface area contributed by atoms with Crippen LogP contribution < -0.4 is 4.74 Å². The van der Waals surface area contributed by atoms with Gasteiger partial charge < -0.3 is 9.47 Å². The van der Waals surface area contributed by atoms with E-state index in [1.54, 1.807) is 13.0 Å². The standard InChI is InChI=1S/C14H20ClNO4S/c1-9-5-13(19-4)14(6-12(9)15)21(17,18)16-7-10(2)20-11(3)8-16/h5-6,10-11H,7-8H2,1-4H3/t10-,11-/m0/s1. The fourth-order valence-electron chi connectivity index (χ4n) is 2.46. The van der Waals surface area contributed by atoms with Gasteiger partial charge in [0.25, 0.3) is 0 Å². The molecule has 5 nitrogen and oxygen atoms in total. The van der Waals surface area contributed by atoms with Gasteiger partial charge in [0, 0.05) is 18.1 Å². The summed E-state index contributed by atoms with van der Waals surface area (Å²) < 4.78 is 37.9. The molecule has 1 aliphatic heterocycles. The number of benzene rings is 1. The van der Waals surface area contributed by atoms with Crippen LogP contribution in [0.15, 0.2) is 17.0 Å². The Hall–Kier alpha value is -0.820. The van der Waals surface area contributed by atoms with E-state index in [0.717, 1.165) is 5.56 Å². The minimum absolute atomic E-state index is 0.0990. The minimum atomic E-state index is -3.67. The van der Waals surface area contributed by atoms with Gasteiger partial charge in [0.2, 0.25) is 10.0 Å². The highest BCUT2D eigenvalue weighted by Gasteiger charge is 2.34. The van der Waals surface area contributed by atoms with Gasteiger partial charge in [-0.3, -0.25) is 0 Å². The second kappa shape index (κ2) is 6.12. The second-order valence-electron chi connectivity index (χ2n) is 5.33. The molecule has 0 radical (unpaired) electrons. The van der Waals surface area contributed by atoms with Gasteiger partial charge in [-0.2, -0.15) is 4.31 Å². The number of halogens is 1. The Morgan fingerprint density at radius 1 is 1.29 bits per heavy atom. The molecule has 0 unspecified atom stereocenters. The number of sulfonamides is 1. The largest absolute Gasteiger partial charge is 0.495 e. The lowest BCUT2D eigenvalue weighted by atomic mass is 10.2. The van der Waals surface area contributed by atoms with Crippen LogP contribution in [0.25, 0.3) is 0 Å². The first-order valence-corrected chi connectivity index (χ1v) is 8.57. The van der Waals surface area contributed by atoms with Crippen molar-refractivity contribution in [1.82, 2.24) is 4.31 Å². The number of aryl methyl sites for hydroxylation is 1. The zero-order valence-corrected chi connectivity index (χ0v) is 14.2. The van der Waals surface area contributed by atoms with Crippen molar-refractivity contribution in [3.63, 3.8) is 0 Å². The predicted molar refractivity (Wildman–Crippen MR) is 81.5 cm³/mol. The van der Waals surface area contributed by atoms with Crippen molar-refractivity contribution >= 4 is 21.6 Å². The lowest BCUT2D eigenvalue weighted by Gasteiger charge is -2.34. The zero-order valence-electron chi connectivity index (χ0n) is 12.6. The molecule has 0 bridgehead atoms. The topological polar surface area (TPSA) is 55.8 Å². The lowest BCUT2D eigenvalue weighted by Crippen LogP contribution is -2.48. The van der Waals surface area contributed by atoms with E-state index in [2.05, 4.69) is 0 Å². The number of hydrogen-bond donors (Lipinski definition) is 0. The predicted octanol–water partition coefficient (Wildman–Crippen LogP) is 2.45. The van der Waals surface area contributed by atoms with Gasteiger partial charge in [-0.1, -0.05) is 11.6 Å². The highest BCUT2D eigenvalue weighted by Crippen LogP contribution is 2.33. The Morgan fingerprint density at radius 3 is 2.38 bits per heavy atom. The van der Waals surface area contributed by atoms with Gasteiger partial charge in [-0.05, 0) is 38.5 Å². The summed E-state index contributed by atoms with van der Waals surface area (Å²) in [6.07, 6.45) is -0.286. The third-order valence-corrected chi connectivity index (χ3v) is 5.71. The Balaban J connectivity index is 2.46.